The highest BCUT2D eigenvalue weighted by Gasteiger charge is 2.22. The fourth-order valence-corrected chi connectivity index (χ4v) is 7.42. The Morgan fingerprint density at radius 3 is 1.06 bits per heavy atom. The molecule has 0 rings (SSSR count). The van der Waals surface area contributed by atoms with Gasteiger partial charge < -0.3 is 20.6 Å². The molecule has 5 heteroatoms. The summed E-state index contributed by atoms with van der Waals surface area (Å²) in [6.07, 6.45) is 51.2. The smallest absolute Gasteiger partial charge is 0.249 e. The molecule has 3 unspecified atom stereocenters. The lowest BCUT2D eigenvalue weighted by Crippen LogP contribution is -2.48. The third-order valence-electron chi connectivity index (χ3n) is 11.1. The molecule has 0 aromatic heterocycles. The molecular weight excluding hydrogens is 643 g/mol. The lowest BCUT2D eigenvalue weighted by molar-refractivity contribution is -0.131. The zero-order chi connectivity index (χ0) is 38.0. The van der Waals surface area contributed by atoms with Crippen LogP contribution in [0.5, 0.6) is 0 Å². The Morgan fingerprint density at radius 1 is 0.462 bits per heavy atom. The first kappa shape index (κ1) is 51.1. The number of aliphatic hydroxyl groups excluding tert-OH is 3. The van der Waals surface area contributed by atoms with Crippen LogP contribution in [0.4, 0.5) is 0 Å². The Balaban J connectivity index is 3.53. The van der Waals surface area contributed by atoms with Crippen molar-refractivity contribution in [2.24, 2.45) is 0 Å². The third kappa shape index (κ3) is 37.4. The quantitative estimate of drug-likeness (QED) is 0.0371. The summed E-state index contributed by atoms with van der Waals surface area (Å²) in [5, 5.41) is 33.1. The van der Waals surface area contributed by atoms with Gasteiger partial charge in [0.1, 0.15) is 6.10 Å². The summed E-state index contributed by atoms with van der Waals surface area (Å²) in [6, 6.07) is -0.792. The van der Waals surface area contributed by atoms with Crippen molar-refractivity contribution < 1.29 is 20.1 Å². The Kier molecular flexibility index (Phi) is 42.1. The van der Waals surface area contributed by atoms with Crippen LogP contribution in [0.15, 0.2) is 12.2 Å². The van der Waals surface area contributed by atoms with Gasteiger partial charge in [0.15, 0.2) is 0 Å². The van der Waals surface area contributed by atoms with Crippen LogP contribution in [0, 0.1) is 0 Å². The highest BCUT2D eigenvalue weighted by atomic mass is 16.3. The summed E-state index contributed by atoms with van der Waals surface area (Å²) in [5.41, 5.74) is 0. The molecule has 0 heterocycles. The second-order valence-electron chi connectivity index (χ2n) is 16.3. The Labute approximate surface area is 325 Å². The van der Waals surface area contributed by atoms with Gasteiger partial charge in [0.05, 0.1) is 18.8 Å². The molecule has 52 heavy (non-hydrogen) atoms. The molecule has 0 saturated carbocycles. The van der Waals surface area contributed by atoms with Gasteiger partial charge in [-0.25, -0.2) is 0 Å². The third-order valence-corrected chi connectivity index (χ3v) is 11.1. The Bertz CT molecular complexity index is 728. The minimum atomic E-state index is -1.09. The van der Waals surface area contributed by atoms with Gasteiger partial charge in [-0.1, -0.05) is 251 Å². The molecule has 310 valence electrons. The molecular formula is C47H93NO4. The van der Waals surface area contributed by atoms with Crippen molar-refractivity contribution in [2.45, 2.75) is 276 Å². The molecule has 4 N–H and O–H groups in total. The normalized spacial score (nSPS) is 13.6. The molecule has 0 radical (unpaired) electrons. The highest BCUT2D eigenvalue weighted by molar-refractivity contribution is 5.80. The second-order valence-corrected chi connectivity index (χ2v) is 16.3. The van der Waals surface area contributed by atoms with Gasteiger partial charge in [0.25, 0.3) is 0 Å². The van der Waals surface area contributed by atoms with Crippen molar-refractivity contribution in [3.63, 3.8) is 0 Å². The van der Waals surface area contributed by atoms with Gasteiger partial charge in [-0.2, -0.15) is 0 Å². The summed E-state index contributed by atoms with van der Waals surface area (Å²) < 4.78 is 0. The molecule has 0 aliphatic heterocycles. The van der Waals surface area contributed by atoms with E-state index in [2.05, 4.69) is 19.2 Å². The number of rotatable bonds is 43. The average molecular weight is 736 g/mol. The van der Waals surface area contributed by atoms with Crippen LogP contribution in [0.1, 0.15) is 258 Å². The number of allylic oxidation sites excluding steroid dienone is 1. The molecule has 0 fully saturated rings. The summed E-state index contributed by atoms with van der Waals surface area (Å²) in [7, 11) is 0. The molecule has 5 nitrogen and oxygen atoms in total. The molecule has 1 amide bonds. The van der Waals surface area contributed by atoms with E-state index >= 15 is 0 Å². The summed E-state index contributed by atoms with van der Waals surface area (Å²) in [6.45, 7) is 4.19. The SMILES string of the molecule is CCCCCCCCCCCC/C=C/C(O)C(CO)NC(=O)C(O)CCCCCCCCCCCCCCCCCCCCCCCCCCCC. The first-order valence-corrected chi connectivity index (χ1v) is 23.5. The molecule has 0 saturated heterocycles. The fourth-order valence-electron chi connectivity index (χ4n) is 7.42. The summed E-state index contributed by atoms with van der Waals surface area (Å²) in [5.74, 6) is -0.499. The van der Waals surface area contributed by atoms with Crippen molar-refractivity contribution in [3.8, 4) is 0 Å². The predicted octanol–water partition coefficient (Wildman–Crippen LogP) is 13.6. The van der Waals surface area contributed by atoms with Crippen molar-refractivity contribution in [1.29, 1.82) is 0 Å². The van der Waals surface area contributed by atoms with Gasteiger partial charge in [0.2, 0.25) is 5.91 Å². The first-order chi connectivity index (χ1) is 25.6. The number of aliphatic hydroxyl groups is 3. The lowest BCUT2D eigenvalue weighted by Gasteiger charge is -2.21. The van der Waals surface area contributed by atoms with Crippen molar-refractivity contribution >= 4 is 5.91 Å². The van der Waals surface area contributed by atoms with Gasteiger partial charge in [-0.15, -0.1) is 0 Å². The number of unbranched alkanes of at least 4 members (excludes halogenated alkanes) is 35. The molecule has 0 aliphatic rings. The number of carbonyl (C=O) groups excluding carboxylic acids is 1. The van der Waals surface area contributed by atoms with Crippen LogP contribution < -0.4 is 5.32 Å². The first-order valence-electron chi connectivity index (χ1n) is 23.5. The van der Waals surface area contributed by atoms with Crippen molar-refractivity contribution in [2.75, 3.05) is 6.61 Å². The van der Waals surface area contributed by atoms with E-state index in [1.807, 2.05) is 6.08 Å². The highest BCUT2D eigenvalue weighted by Crippen LogP contribution is 2.17. The van der Waals surface area contributed by atoms with Crippen LogP contribution in [-0.2, 0) is 4.79 Å². The standard InChI is InChI=1S/C47H93NO4/c1-3-5-7-9-11-13-15-17-18-19-20-21-22-23-24-25-26-27-28-29-30-32-34-36-38-40-42-46(51)47(52)48-44(43-49)45(50)41-39-37-35-33-31-16-14-12-10-8-6-4-2/h39,41,44-46,49-51H,3-38,40,42-43H2,1-2H3,(H,48,52)/b41-39+. The van der Waals surface area contributed by atoms with Crippen molar-refractivity contribution in [1.82, 2.24) is 5.32 Å². The van der Waals surface area contributed by atoms with Gasteiger partial charge in [0, 0.05) is 0 Å². The number of hydrogen-bond donors (Lipinski definition) is 4. The van der Waals surface area contributed by atoms with E-state index in [0.717, 1.165) is 32.1 Å². The van der Waals surface area contributed by atoms with E-state index in [4.69, 9.17) is 0 Å². The zero-order valence-electron chi connectivity index (χ0n) is 35.2. The van der Waals surface area contributed by atoms with Crippen LogP contribution in [0.25, 0.3) is 0 Å². The van der Waals surface area contributed by atoms with Gasteiger partial charge >= 0.3 is 0 Å². The number of nitrogens with one attached hydrogen (secondary N) is 1. The van der Waals surface area contributed by atoms with Crippen LogP contribution in [0.2, 0.25) is 0 Å². The van der Waals surface area contributed by atoms with Crippen LogP contribution >= 0.6 is 0 Å². The lowest BCUT2D eigenvalue weighted by atomic mass is 10.0. The topological polar surface area (TPSA) is 89.8 Å². The number of hydrogen-bond acceptors (Lipinski definition) is 4. The van der Waals surface area contributed by atoms with E-state index in [1.54, 1.807) is 6.08 Å². The molecule has 0 spiro atoms. The molecule has 0 aliphatic carbocycles. The number of amides is 1. The Morgan fingerprint density at radius 2 is 0.750 bits per heavy atom. The number of carbonyl (C=O) groups is 1. The van der Waals surface area contributed by atoms with E-state index in [1.165, 1.54) is 205 Å². The molecule has 0 aromatic carbocycles. The maximum absolute atomic E-state index is 12.5. The van der Waals surface area contributed by atoms with E-state index < -0.39 is 24.2 Å². The maximum atomic E-state index is 12.5. The van der Waals surface area contributed by atoms with Crippen LogP contribution in [0.3, 0.4) is 0 Å². The van der Waals surface area contributed by atoms with E-state index in [-0.39, 0.29) is 6.61 Å². The monoisotopic (exact) mass is 736 g/mol. The minimum Gasteiger partial charge on any atom is -0.394 e. The summed E-state index contributed by atoms with van der Waals surface area (Å²) >= 11 is 0. The van der Waals surface area contributed by atoms with Crippen LogP contribution in [-0.4, -0.2) is 46.1 Å². The largest absolute Gasteiger partial charge is 0.394 e. The average Bonchev–Trinajstić information content (AvgIpc) is 3.15. The minimum absolute atomic E-state index is 0.359. The predicted molar refractivity (Wildman–Crippen MR) is 227 cm³/mol. The second kappa shape index (κ2) is 42.8. The van der Waals surface area contributed by atoms with Gasteiger partial charge in [-0.3, -0.25) is 4.79 Å². The van der Waals surface area contributed by atoms with E-state index in [0.29, 0.717) is 6.42 Å². The zero-order valence-corrected chi connectivity index (χ0v) is 35.2. The van der Waals surface area contributed by atoms with E-state index in [9.17, 15) is 20.1 Å². The van der Waals surface area contributed by atoms with Gasteiger partial charge in [-0.05, 0) is 19.3 Å². The molecule has 3 atom stereocenters. The maximum Gasteiger partial charge on any atom is 0.249 e. The Hall–Kier alpha value is -0.910. The van der Waals surface area contributed by atoms with Crippen molar-refractivity contribution in [3.05, 3.63) is 12.2 Å². The fraction of sp³-hybridized carbons (Fsp3) is 0.936. The molecule has 0 bridgehead atoms. The molecule has 0 aromatic rings. The summed E-state index contributed by atoms with van der Waals surface area (Å²) in [4.78, 5) is 12.5.